The van der Waals surface area contributed by atoms with Crippen LogP contribution in [-0.2, 0) is 10.0 Å². The van der Waals surface area contributed by atoms with E-state index >= 15 is 0 Å². The van der Waals surface area contributed by atoms with Gasteiger partial charge in [0.25, 0.3) is 10.0 Å². The third-order valence-corrected chi connectivity index (χ3v) is 5.27. The Morgan fingerprint density at radius 2 is 2.33 bits per heavy atom. The summed E-state index contributed by atoms with van der Waals surface area (Å²) in [6, 6.07) is 2.70. The molecule has 2 atom stereocenters. The Balaban J connectivity index is 2.41. The van der Waals surface area contributed by atoms with E-state index < -0.39 is 16.1 Å². The van der Waals surface area contributed by atoms with Crippen LogP contribution in [0.15, 0.2) is 23.4 Å². The van der Waals surface area contributed by atoms with Gasteiger partial charge in [0.2, 0.25) is 0 Å². The van der Waals surface area contributed by atoms with Gasteiger partial charge < -0.3 is 10.8 Å². The number of pyridine rings is 1. The van der Waals surface area contributed by atoms with Gasteiger partial charge in [-0.3, -0.25) is 0 Å². The molecule has 1 aromatic heterocycles. The first-order valence-corrected chi connectivity index (χ1v) is 7.25. The maximum Gasteiger partial charge on any atom is 0.262 e. The van der Waals surface area contributed by atoms with E-state index in [1.165, 1.54) is 16.6 Å². The number of aromatic nitrogens is 1. The van der Waals surface area contributed by atoms with Crippen molar-refractivity contribution >= 4 is 15.7 Å². The number of sulfonamides is 1. The van der Waals surface area contributed by atoms with E-state index in [0.717, 1.165) is 6.42 Å². The molecule has 6 nitrogen and oxygen atoms in total. The van der Waals surface area contributed by atoms with Gasteiger partial charge >= 0.3 is 0 Å². The molecule has 100 valence electrons. The number of hydrogen-bond donors (Lipinski definition) is 2. The van der Waals surface area contributed by atoms with Crippen molar-refractivity contribution in [2.45, 2.75) is 24.4 Å². The number of nitrogens with two attached hydrogens (primary N) is 1. The first-order chi connectivity index (χ1) is 8.48. The zero-order valence-corrected chi connectivity index (χ0v) is 11.0. The Bertz CT molecular complexity index is 532. The number of aliphatic hydroxyl groups is 1. The van der Waals surface area contributed by atoms with Gasteiger partial charge in [-0.15, -0.1) is 0 Å². The van der Waals surface area contributed by atoms with Crippen molar-refractivity contribution in [2.24, 2.45) is 5.92 Å². The maximum atomic E-state index is 12.4. The fourth-order valence-corrected chi connectivity index (χ4v) is 4.03. The van der Waals surface area contributed by atoms with Gasteiger partial charge in [0.15, 0.2) is 5.03 Å². The van der Waals surface area contributed by atoms with E-state index in [2.05, 4.69) is 4.98 Å². The average molecular weight is 271 g/mol. The monoisotopic (exact) mass is 271 g/mol. The SMILES string of the molecule is CC1CCN(S(=O)(=O)c2ncccc2N)C1CO. The predicted molar refractivity (Wildman–Crippen MR) is 67.2 cm³/mol. The molecular formula is C11H17N3O3S. The Morgan fingerprint density at radius 1 is 1.61 bits per heavy atom. The van der Waals surface area contributed by atoms with Crippen LogP contribution in [0.25, 0.3) is 0 Å². The van der Waals surface area contributed by atoms with Gasteiger partial charge in [-0.1, -0.05) is 6.92 Å². The zero-order valence-electron chi connectivity index (χ0n) is 10.2. The summed E-state index contributed by atoms with van der Waals surface area (Å²) in [6.45, 7) is 2.13. The summed E-state index contributed by atoms with van der Waals surface area (Å²) in [5.41, 5.74) is 5.80. The Labute approximate surface area is 106 Å². The van der Waals surface area contributed by atoms with E-state index in [1.54, 1.807) is 6.07 Å². The molecule has 2 rings (SSSR count). The van der Waals surface area contributed by atoms with E-state index in [9.17, 15) is 13.5 Å². The molecule has 1 aromatic rings. The number of nitrogens with zero attached hydrogens (tertiary/aromatic N) is 2. The minimum Gasteiger partial charge on any atom is -0.396 e. The molecule has 0 radical (unpaired) electrons. The van der Waals surface area contributed by atoms with Crippen molar-refractivity contribution in [3.63, 3.8) is 0 Å². The normalized spacial score (nSPS) is 25.4. The van der Waals surface area contributed by atoms with Crippen molar-refractivity contribution < 1.29 is 13.5 Å². The molecule has 0 saturated carbocycles. The number of rotatable bonds is 3. The van der Waals surface area contributed by atoms with E-state index in [0.29, 0.717) is 6.54 Å². The molecule has 0 amide bonds. The highest BCUT2D eigenvalue weighted by Gasteiger charge is 2.40. The molecule has 0 bridgehead atoms. The molecule has 3 N–H and O–H groups in total. The molecule has 0 spiro atoms. The lowest BCUT2D eigenvalue weighted by Crippen LogP contribution is -2.40. The summed E-state index contributed by atoms with van der Waals surface area (Å²) >= 11 is 0. The van der Waals surface area contributed by atoms with Crippen LogP contribution in [0.1, 0.15) is 13.3 Å². The minimum atomic E-state index is -3.73. The molecule has 1 saturated heterocycles. The highest BCUT2D eigenvalue weighted by Crippen LogP contribution is 2.30. The van der Waals surface area contributed by atoms with Gasteiger partial charge in [0.1, 0.15) is 0 Å². The summed E-state index contributed by atoms with van der Waals surface area (Å²) in [6.07, 6.45) is 2.13. The van der Waals surface area contributed by atoms with Crippen molar-refractivity contribution in [1.82, 2.24) is 9.29 Å². The summed E-state index contributed by atoms with van der Waals surface area (Å²) < 4.78 is 26.2. The Kier molecular flexibility index (Phi) is 3.56. The fourth-order valence-electron chi connectivity index (χ4n) is 2.27. The second-order valence-electron chi connectivity index (χ2n) is 4.53. The molecule has 7 heteroatoms. The van der Waals surface area contributed by atoms with E-state index in [1.807, 2.05) is 6.92 Å². The van der Waals surface area contributed by atoms with Crippen molar-refractivity contribution in [3.8, 4) is 0 Å². The number of aliphatic hydroxyl groups excluding tert-OH is 1. The summed E-state index contributed by atoms with van der Waals surface area (Å²) in [4.78, 5) is 3.85. The van der Waals surface area contributed by atoms with Crippen LogP contribution >= 0.6 is 0 Å². The third kappa shape index (κ3) is 2.09. The van der Waals surface area contributed by atoms with Gasteiger partial charge in [-0.2, -0.15) is 4.31 Å². The first kappa shape index (κ1) is 13.3. The van der Waals surface area contributed by atoms with Crippen LogP contribution in [0.2, 0.25) is 0 Å². The highest BCUT2D eigenvalue weighted by atomic mass is 32.2. The van der Waals surface area contributed by atoms with Crippen molar-refractivity contribution in [1.29, 1.82) is 0 Å². The Morgan fingerprint density at radius 3 is 2.94 bits per heavy atom. The lowest BCUT2D eigenvalue weighted by Gasteiger charge is -2.24. The number of hydrogen-bond acceptors (Lipinski definition) is 5. The van der Waals surface area contributed by atoms with E-state index in [-0.39, 0.29) is 23.2 Å². The summed E-state index contributed by atoms with van der Waals surface area (Å²) in [5, 5.41) is 9.20. The maximum absolute atomic E-state index is 12.4. The molecular weight excluding hydrogens is 254 g/mol. The highest BCUT2D eigenvalue weighted by molar-refractivity contribution is 7.89. The summed E-state index contributed by atoms with van der Waals surface area (Å²) in [5.74, 6) is 0.134. The van der Waals surface area contributed by atoms with Crippen LogP contribution in [0, 0.1) is 5.92 Å². The first-order valence-electron chi connectivity index (χ1n) is 5.81. The third-order valence-electron chi connectivity index (χ3n) is 3.37. The molecule has 1 fully saturated rings. The summed E-state index contributed by atoms with van der Waals surface area (Å²) in [7, 11) is -3.73. The van der Waals surface area contributed by atoms with Crippen LogP contribution in [-0.4, -0.2) is 42.0 Å². The smallest absolute Gasteiger partial charge is 0.262 e. The van der Waals surface area contributed by atoms with Crippen LogP contribution < -0.4 is 5.73 Å². The van der Waals surface area contributed by atoms with Crippen LogP contribution in [0.4, 0.5) is 5.69 Å². The topological polar surface area (TPSA) is 96.5 Å². The van der Waals surface area contributed by atoms with Gasteiger partial charge in [-0.05, 0) is 24.5 Å². The second kappa shape index (κ2) is 4.83. The molecule has 0 aliphatic carbocycles. The average Bonchev–Trinajstić information content (AvgIpc) is 2.71. The minimum absolute atomic E-state index is 0.127. The standard InChI is InChI=1S/C11H17N3O3S/c1-8-4-6-14(10(8)7-15)18(16,17)11-9(12)3-2-5-13-11/h2-3,5,8,10,15H,4,6-7,12H2,1H3. The molecule has 1 aliphatic heterocycles. The molecule has 1 aliphatic rings. The van der Waals surface area contributed by atoms with Gasteiger partial charge in [0.05, 0.1) is 18.3 Å². The number of nitrogen functional groups attached to an aromatic ring is 1. The lowest BCUT2D eigenvalue weighted by atomic mass is 10.0. The lowest BCUT2D eigenvalue weighted by molar-refractivity contribution is 0.191. The van der Waals surface area contributed by atoms with Crippen LogP contribution in [0.3, 0.4) is 0 Å². The molecule has 18 heavy (non-hydrogen) atoms. The zero-order chi connectivity index (χ0) is 13.3. The van der Waals surface area contributed by atoms with Crippen molar-refractivity contribution in [3.05, 3.63) is 18.3 Å². The quantitative estimate of drug-likeness (QED) is 0.810. The van der Waals surface area contributed by atoms with Gasteiger partial charge in [0, 0.05) is 12.7 Å². The van der Waals surface area contributed by atoms with Crippen LogP contribution in [0.5, 0.6) is 0 Å². The molecule has 2 unspecified atom stereocenters. The predicted octanol–water partition coefficient (Wildman–Crippen LogP) is 0.0552. The van der Waals surface area contributed by atoms with Crippen molar-refractivity contribution in [2.75, 3.05) is 18.9 Å². The van der Waals surface area contributed by atoms with E-state index in [4.69, 9.17) is 5.73 Å². The second-order valence-corrected chi connectivity index (χ2v) is 6.34. The largest absolute Gasteiger partial charge is 0.396 e. The molecule has 2 heterocycles. The fraction of sp³-hybridized carbons (Fsp3) is 0.545. The van der Waals surface area contributed by atoms with Gasteiger partial charge in [-0.25, -0.2) is 13.4 Å². The Hall–Kier alpha value is -1.18. The molecule has 0 aromatic carbocycles. The number of anilines is 1.